The second-order valence-electron chi connectivity index (χ2n) is 9.32. The Kier molecular flexibility index (Phi) is 7.02. The van der Waals surface area contributed by atoms with Gasteiger partial charge in [0.1, 0.15) is 5.75 Å². The second-order valence-corrected chi connectivity index (χ2v) is 10.3. The van der Waals surface area contributed by atoms with Gasteiger partial charge in [0.05, 0.1) is 35.6 Å². The van der Waals surface area contributed by atoms with Gasteiger partial charge in [-0.25, -0.2) is 9.79 Å². The van der Waals surface area contributed by atoms with Gasteiger partial charge in [-0.05, 0) is 80.6 Å². The summed E-state index contributed by atoms with van der Waals surface area (Å²) in [6.07, 6.45) is 4.37. The van der Waals surface area contributed by atoms with Crippen LogP contribution in [0.3, 0.4) is 0 Å². The first-order valence-corrected chi connectivity index (χ1v) is 13.4. The number of rotatable bonds is 6. The van der Waals surface area contributed by atoms with E-state index in [0.717, 1.165) is 24.2 Å². The van der Waals surface area contributed by atoms with Crippen molar-refractivity contribution in [2.24, 2.45) is 4.99 Å². The number of thiazole rings is 1. The maximum absolute atomic E-state index is 13.8. The molecule has 1 fully saturated rings. The van der Waals surface area contributed by atoms with Crippen molar-refractivity contribution in [2.45, 2.75) is 39.7 Å². The molecule has 192 valence electrons. The number of hydrogen-bond acceptors (Lipinski definition) is 7. The summed E-state index contributed by atoms with van der Waals surface area (Å²) in [5, 5.41) is 0. The summed E-state index contributed by atoms with van der Waals surface area (Å²) in [5.41, 5.74) is 4.95. The number of fused-ring (bicyclic) bond motifs is 1. The molecule has 37 heavy (non-hydrogen) atoms. The predicted octanol–water partition coefficient (Wildman–Crippen LogP) is 3.72. The summed E-state index contributed by atoms with van der Waals surface area (Å²) >= 11 is 1.34. The lowest BCUT2D eigenvalue weighted by molar-refractivity contribution is -0.139. The van der Waals surface area contributed by atoms with E-state index >= 15 is 0 Å². The van der Waals surface area contributed by atoms with Crippen LogP contribution in [0.1, 0.15) is 49.4 Å². The summed E-state index contributed by atoms with van der Waals surface area (Å²) in [6.45, 7) is 8.09. The van der Waals surface area contributed by atoms with Crippen LogP contribution in [-0.2, 0) is 9.53 Å². The van der Waals surface area contributed by atoms with E-state index in [0.29, 0.717) is 26.4 Å². The number of aryl methyl sites for hydroxylation is 1. The molecule has 1 aromatic heterocycles. The van der Waals surface area contributed by atoms with Crippen molar-refractivity contribution >= 4 is 29.1 Å². The van der Waals surface area contributed by atoms with Crippen LogP contribution in [0.4, 0.5) is 5.69 Å². The number of hydrogen-bond donors (Lipinski definition) is 0. The average molecular weight is 518 g/mol. The third-order valence-electron chi connectivity index (χ3n) is 6.91. The van der Waals surface area contributed by atoms with Gasteiger partial charge >= 0.3 is 5.97 Å². The first-order chi connectivity index (χ1) is 17.9. The fourth-order valence-electron chi connectivity index (χ4n) is 5.13. The number of carbonyl (C=O) groups is 1. The topological polar surface area (TPSA) is 73.1 Å². The van der Waals surface area contributed by atoms with Crippen molar-refractivity contribution in [2.75, 3.05) is 31.7 Å². The molecule has 1 saturated heterocycles. The Morgan fingerprint density at radius 1 is 1.14 bits per heavy atom. The Morgan fingerprint density at radius 2 is 1.86 bits per heavy atom. The molecule has 0 unspecified atom stereocenters. The molecule has 2 aliphatic heterocycles. The van der Waals surface area contributed by atoms with Crippen LogP contribution in [0.15, 0.2) is 63.5 Å². The lowest BCUT2D eigenvalue weighted by atomic mass is 9.96. The minimum absolute atomic E-state index is 0.180. The maximum atomic E-state index is 13.8. The minimum atomic E-state index is -0.636. The largest absolute Gasteiger partial charge is 0.497 e. The summed E-state index contributed by atoms with van der Waals surface area (Å²) in [4.78, 5) is 34.5. The van der Waals surface area contributed by atoms with Crippen LogP contribution in [0.25, 0.3) is 6.08 Å². The molecule has 2 aromatic carbocycles. The van der Waals surface area contributed by atoms with E-state index in [2.05, 4.69) is 35.0 Å². The zero-order chi connectivity index (χ0) is 26.1. The monoisotopic (exact) mass is 517 g/mol. The van der Waals surface area contributed by atoms with E-state index < -0.39 is 12.0 Å². The normalized spacial score (nSPS) is 17.6. The van der Waals surface area contributed by atoms with Crippen molar-refractivity contribution in [1.29, 1.82) is 0 Å². The second kappa shape index (κ2) is 10.4. The van der Waals surface area contributed by atoms with Gasteiger partial charge in [0.2, 0.25) is 0 Å². The first kappa shape index (κ1) is 25.0. The highest BCUT2D eigenvalue weighted by molar-refractivity contribution is 7.07. The van der Waals surface area contributed by atoms with Gasteiger partial charge in [0, 0.05) is 18.8 Å². The van der Waals surface area contributed by atoms with E-state index in [1.165, 1.54) is 35.4 Å². The van der Waals surface area contributed by atoms with Crippen LogP contribution in [0.5, 0.6) is 5.75 Å². The summed E-state index contributed by atoms with van der Waals surface area (Å²) in [5.74, 6) is 0.231. The molecule has 1 atom stereocenters. The van der Waals surface area contributed by atoms with Gasteiger partial charge in [-0.15, -0.1) is 0 Å². The van der Waals surface area contributed by atoms with Gasteiger partial charge in [0.15, 0.2) is 4.80 Å². The van der Waals surface area contributed by atoms with Gasteiger partial charge in [-0.2, -0.15) is 0 Å². The van der Waals surface area contributed by atoms with Crippen molar-refractivity contribution in [3.63, 3.8) is 0 Å². The summed E-state index contributed by atoms with van der Waals surface area (Å²) < 4.78 is 12.9. The zero-order valence-corrected chi connectivity index (χ0v) is 22.4. The number of anilines is 1. The van der Waals surface area contributed by atoms with Gasteiger partial charge in [-0.3, -0.25) is 9.36 Å². The van der Waals surface area contributed by atoms with Crippen molar-refractivity contribution < 1.29 is 14.3 Å². The lowest BCUT2D eigenvalue weighted by Crippen LogP contribution is -2.39. The van der Waals surface area contributed by atoms with Crippen LogP contribution >= 0.6 is 11.3 Å². The molecule has 0 bridgehead atoms. The van der Waals surface area contributed by atoms with Crippen molar-refractivity contribution in [3.05, 3.63) is 90.1 Å². The Balaban J connectivity index is 1.62. The van der Waals surface area contributed by atoms with E-state index in [9.17, 15) is 9.59 Å². The smallest absolute Gasteiger partial charge is 0.338 e. The highest BCUT2D eigenvalue weighted by Gasteiger charge is 2.33. The van der Waals surface area contributed by atoms with Crippen LogP contribution in [0, 0.1) is 6.92 Å². The molecule has 2 aliphatic rings. The highest BCUT2D eigenvalue weighted by atomic mass is 32.1. The molecule has 0 N–H and O–H groups in total. The number of benzene rings is 2. The third kappa shape index (κ3) is 4.73. The Labute approximate surface area is 220 Å². The molecule has 0 amide bonds. The quantitative estimate of drug-likeness (QED) is 0.466. The Bertz CT molecular complexity index is 1540. The predicted molar refractivity (Wildman–Crippen MR) is 146 cm³/mol. The minimum Gasteiger partial charge on any atom is -0.497 e. The van der Waals surface area contributed by atoms with E-state index in [1.807, 2.05) is 30.3 Å². The zero-order valence-electron chi connectivity index (χ0n) is 21.6. The number of esters is 1. The summed E-state index contributed by atoms with van der Waals surface area (Å²) in [6, 6.07) is 13.1. The number of aromatic nitrogens is 1. The van der Waals surface area contributed by atoms with Crippen LogP contribution < -0.4 is 24.5 Å². The van der Waals surface area contributed by atoms with E-state index in [4.69, 9.17) is 9.47 Å². The van der Waals surface area contributed by atoms with Crippen LogP contribution in [-0.4, -0.2) is 37.3 Å². The number of methoxy groups -OCH3 is 1. The molecule has 0 saturated carbocycles. The number of nitrogens with zero attached hydrogens (tertiary/aromatic N) is 3. The van der Waals surface area contributed by atoms with Crippen molar-refractivity contribution in [1.82, 2.24) is 4.57 Å². The van der Waals surface area contributed by atoms with Gasteiger partial charge in [0.25, 0.3) is 5.56 Å². The van der Waals surface area contributed by atoms with E-state index in [-0.39, 0.29) is 12.2 Å². The first-order valence-electron chi connectivity index (χ1n) is 12.6. The summed E-state index contributed by atoms with van der Waals surface area (Å²) in [7, 11) is 1.60. The lowest BCUT2D eigenvalue weighted by Gasteiger charge is -2.24. The molecule has 0 radical (unpaired) electrons. The Morgan fingerprint density at radius 3 is 2.51 bits per heavy atom. The molecular weight excluding hydrogens is 486 g/mol. The molecule has 7 nitrogen and oxygen atoms in total. The SMILES string of the molecule is CCOC(=O)C1=C(C)N=c2s/c(=C/c3ccc(N4CCCC4)c(C)c3)c(=O)n2[C@H]1c1ccc(OC)cc1. The average Bonchev–Trinajstić information content (AvgIpc) is 3.52. The maximum Gasteiger partial charge on any atom is 0.338 e. The van der Waals surface area contributed by atoms with Gasteiger partial charge in [-0.1, -0.05) is 29.5 Å². The number of allylic oxidation sites excluding steroid dienone is 1. The third-order valence-corrected chi connectivity index (χ3v) is 7.90. The standard InChI is InChI=1S/C29H31N3O4S/c1-5-36-28(34)25-19(3)30-29-32(26(25)21-9-11-22(35-4)12-10-21)27(33)24(37-29)17-20-8-13-23(18(2)16-20)31-14-6-7-15-31/h8-13,16-17,26H,5-7,14-15H2,1-4H3/b24-17+/t26-/m0/s1. The number of ether oxygens (including phenoxy) is 2. The molecule has 5 rings (SSSR count). The highest BCUT2D eigenvalue weighted by Crippen LogP contribution is 2.31. The molecule has 0 spiro atoms. The molecule has 3 aromatic rings. The number of carbonyl (C=O) groups excluding carboxylic acids is 1. The van der Waals surface area contributed by atoms with Gasteiger partial charge < -0.3 is 14.4 Å². The fourth-order valence-corrected chi connectivity index (χ4v) is 6.17. The molecular formula is C29H31N3O4S. The van der Waals surface area contributed by atoms with Crippen LogP contribution in [0.2, 0.25) is 0 Å². The molecule has 0 aliphatic carbocycles. The molecule has 3 heterocycles. The van der Waals surface area contributed by atoms with E-state index in [1.54, 1.807) is 25.5 Å². The molecule has 8 heteroatoms. The Hall–Kier alpha value is -3.65. The fraction of sp³-hybridized carbons (Fsp3) is 0.345. The van der Waals surface area contributed by atoms with Crippen molar-refractivity contribution in [3.8, 4) is 5.75 Å².